The predicted molar refractivity (Wildman–Crippen MR) is 72.0 cm³/mol. The standard InChI is InChI=1S/C14H25NO4/c1-9(2)7-10(11(16)14(6)8-18-14)15-12(17)19-13(3,4)5/h9-10H,7-8H2,1-6H3,(H,15,17)/t10?,14-/m1/s1. The molecular weight excluding hydrogens is 246 g/mol. The van der Waals surface area contributed by atoms with Gasteiger partial charge in [-0.1, -0.05) is 13.8 Å². The molecule has 0 radical (unpaired) electrons. The van der Waals surface area contributed by atoms with E-state index in [0.29, 0.717) is 18.9 Å². The number of ketones is 1. The molecule has 1 aliphatic rings. The lowest BCUT2D eigenvalue weighted by Gasteiger charge is -2.24. The van der Waals surface area contributed by atoms with Crippen molar-refractivity contribution in [3.8, 4) is 0 Å². The van der Waals surface area contributed by atoms with E-state index in [4.69, 9.17) is 9.47 Å². The molecule has 0 aromatic carbocycles. The van der Waals surface area contributed by atoms with Crippen molar-refractivity contribution in [1.29, 1.82) is 0 Å². The Morgan fingerprint density at radius 1 is 1.37 bits per heavy atom. The van der Waals surface area contributed by atoms with Crippen molar-refractivity contribution in [2.24, 2.45) is 5.92 Å². The average molecular weight is 271 g/mol. The van der Waals surface area contributed by atoms with Gasteiger partial charge in [0.25, 0.3) is 0 Å². The van der Waals surface area contributed by atoms with Crippen LogP contribution in [-0.4, -0.2) is 35.7 Å². The van der Waals surface area contributed by atoms with Crippen LogP contribution in [0.2, 0.25) is 0 Å². The number of nitrogens with one attached hydrogen (secondary N) is 1. The maximum absolute atomic E-state index is 12.3. The van der Waals surface area contributed by atoms with E-state index >= 15 is 0 Å². The van der Waals surface area contributed by atoms with Crippen LogP contribution in [0.25, 0.3) is 0 Å². The van der Waals surface area contributed by atoms with Crippen LogP contribution < -0.4 is 5.32 Å². The molecule has 19 heavy (non-hydrogen) atoms. The number of amides is 1. The fourth-order valence-electron chi connectivity index (χ4n) is 1.77. The van der Waals surface area contributed by atoms with Crippen LogP contribution in [0.3, 0.4) is 0 Å². The topological polar surface area (TPSA) is 67.9 Å². The normalized spacial score (nSPS) is 23.9. The van der Waals surface area contributed by atoms with Gasteiger partial charge in [-0.15, -0.1) is 0 Å². The number of carbonyl (C=O) groups excluding carboxylic acids is 2. The number of carbonyl (C=O) groups is 2. The number of hydrogen-bond donors (Lipinski definition) is 1. The molecule has 0 spiro atoms. The molecule has 110 valence electrons. The van der Waals surface area contributed by atoms with Crippen LogP contribution in [0.5, 0.6) is 0 Å². The van der Waals surface area contributed by atoms with E-state index in [1.807, 2.05) is 13.8 Å². The molecule has 0 aromatic rings. The first-order valence-corrected chi connectivity index (χ1v) is 6.71. The number of ether oxygens (including phenoxy) is 2. The molecule has 1 aliphatic heterocycles. The van der Waals surface area contributed by atoms with Gasteiger partial charge >= 0.3 is 6.09 Å². The van der Waals surface area contributed by atoms with Crippen molar-refractivity contribution in [3.05, 3.63) is 0 Å². The van der Waals surface area contributed by atoms with Crippen molar-refractivity contribution in [3.63, 3.8) is 0 Å². The Bertz CT molecular complexity index is 353. The molecule has 1 amide bonds. The highest BCUT2D eigenvalue weighted by Crippen LogP contribution is 2.29. The summed E-state index contributed by atoms with van der Waals surface area (Å²) >= 11 is 0. The summed E-state index contributed by atoms with van der Waals surface area (Å²) in [5, 5.41) is 2.66. The molecule has 2 atom stereocenters. The van der Waals surface area contributed by atoms with E-state index in [9.17, 15) is 9.59 Å². The number of rotatable bonds is 5. The molecule has 0 bridgehead atoms. The Morgan fingerprint density at radius 3 is 2.26 bits per heavy atom. The second kappa shape index (κ2) is 5.49. The molecule has 0 saturated carbocycles. The molecule has 1 unspecified atom stereocenters. The first-order chi connectivity index (χ1) is 8.53. The van der Waals surface area contributed by atoms with Crippen LogP contribution in [0, 0.1) is 5.92 Å². The number of alkyl carbamates (subject to hydrolysis) is 1. The van der Waals surface area contributed by atoms with E-state index < -0.39 is 23.3 Å². The van der Waals surface area contributed by atoms with E-state index in [1.165, 1.54) is 0 Å². The monoisotopic (exact) mass is 271 g/mol. The Kier molecular flexibility index (Phi) is 4.61. The SMILES string of the molecule is CC(C)CC(NC(=O)OC(C)(C)C)C(=O)[C@@]1(C)CO1. The third-order valence-corrected chi connectivity index (χ3v) is 2.81. The van der Waals surface area contributed by atoms with E-state index in [2.05, 4.69) is 5.32 Å². The summed E-state index contributed by atoms with van der Waals surface area (Å²) in [6.07, 6.45) is 0.0209. The zero-order valence-electron chi connectivity index (χ0n) is 12.7. The van der Waals surface area contributed by atoms with Gasteiger partial charge in [0.05, 0.1) is 12.6 Å². The molecule has 1 N–H and O–H groups in total. The number of hydrogen-bond acceptors (Lipinski definition) is 4. The summed E-state index contributed by atoms with van der Waals surface area (Å²) in [4.78, 5) is 24.0. The maximum atomic E-state index is 12.3. The third kappa shape index (κ3) is 5.19. The first kappa shape index (κ1) is 16.0. The molecule has 1 rings (SSSR count). The fourth-order valence-corrected chi connectivity index (χ4v) is 1.77. The van der Waals surface area contributed by atoms with Gasteiger partial charge in [-0.05, 0) is 40.0 Å². The van der Waals surface area contributed by atoms with Gasteiger partial charge in [0.1, 0.15) is 11.2 Å². The van der Waals surface area contributed by atoms with Crippen molar-refractivity contribution in [1.82, 2.24) is 5.32 Å². The van der Waals surface area contributed by atoms with E-state index in [-0.39, 0.29) is 5.78 Å². The van der Waals surface area contributed by atoms with Gasteiger partial charge in [-0.2, -0.15) is 0 Å². The van der Waals surface area contributed by atoms with Gasteiger partial charge in [0, 0.05) is 0 Å². The highest BCUT2D eigenvalue weighted by atomic mass is 16.6. The highest BCUT2D eigenvalue weighted by Gasteiger charge is 2.50. The Balaban J connectivity index is 2.64. The largest absolute Gasteiger partial charge is 0.444 e. The van der Waals surface area contributed by atoms with Gasteiger partial charge in [-0.3, -0.25) is 4.79 Å². The van der Waals surface area contributed by atoms with E-state index in [0.717, 1.165) is 0 Å². The molecule has 0 aliphatic carbocycles. The smallest absolute Gasteiger partial charge is 0.408 e. The minimum Gasteiger partial charge on any atom is -0.444 e. The van der Waals surface area contributed by atoms with Gasteiger partial charge in [0.15, 0.2) is 5.78 Å². The summed E-state index contributed by atoms with van der Waals surface area (Å²) in [5.74, 6) is 0.221. The van der Waals surface area contributed by atoms with Gasteiger partial charge in [-0.25, -0.2) is 4.79 Å². The Labute approximate surface area is 115 Å². The summed E-state index contributed by atoms with van der Waals surface area (Å²) < 4.78 is 10.4. The Morgan fingerprint density at radius 2 is 1.89 bits per heavy atom. The maximum Gasteiger partial charge on any atom is 0.408 e. The Hall–Kier alpha value is -1.10. The van der Waals surface area contributed by atoms with Gasteiger partial charge < -0.3 is 14.8 Å². The third-order valence-electron chi connectivity index (χ3n) is 2.81. The molecule has 1 saturated heterocycles. The lowest BCUT2D eigenvalue weighted by Crippen LogP contribution is -2.48. The lowest BCUT2D eigenvalue weighted by molar-refractivity contribution is -0.126. The van der Waals surface area contributed by atoms with Crippen LogP contribution in [0.4, 0.5) is 4.79 Å². The highest BCUT2D eigenvalue weighted by molar-refractivity contribution is 5.95. The molecular formula is C14H25NO4. The van der Waals surface area contributed by atoms with Crippen LogP contribution >= 0.6 is 0 Å². The lowest BCUT2D eigenvalue weighted by atomic mass is 9.93. The van der Waals surface area contributed by atoms with Crippen molar-refractivity contribution >= 4 is 11.9 Å². The molecule has 1 fully saturated rings. The van der Waals surface area contributed by atoms with Crippen molar-refractivity contribution < 1.29 is 19.1 Å². The minimum absolute atomic E-state index is 0.0768. The average Bonchev–Trinajstić information content (AvgIpc) is 2.92. The molecule has 5 nitrogen and oxygen atoms in total. The minimum atomic E-state index is -0.728. The summed E-state index contributed by atoms with van der Waals surface area (Å²) in [6, 6.07) is -0.553. The second-order valence-electron chi connectivity index (χ2n) is 6.71. The fraction of sp³-hybridized carbons (Fsp3) is 0.857. The van der Waals surface area contributed by atoms with E-state index in [1.54, 1.807) is 27.7 Å². The molecule has 5 heteroatoms. The molecule has 1 heterocycles. The summed E-state index contributed by atoms with van der Waals surface area (Å²) in [6.45, 7) is 11.6. The zero-order valence-corrected chi connectivity index (χ0v) is 12.7. The predicted octanol–water partition coefficient (Wildman–Crippen LogP) is 2.28. The van der Waals surface area contributed by atoms with Crippen LogP contribution in [0.15, 0.2) is 0 Å². The van der Waals surface area contributed by atoms with Crippen molar-refractivity contribution in [2.75, 3.05) is 6.61 Å². The summed E-state index contributed by atoms with van der Waals surface area (Å²) in [5.41, 5.74) is -1.30. The zero-order chi connectivity index (χ0) is 14.8. The molecule has 0 aromatic heterocycles. The van der Waals surface area contributed by atoms with Crippen LogP contribution in [0.1, 0.15) is 48.0 Å². The van der Waals surface area contributed by atoms with Crippen LogP contribution in [-0.2, 0) is 14.3 Å². The second-order valence-corrected chi connectivity index (χ2v) is 6.71. The number of epoxide rings is 1. The first-order valence-electron chi connectivity index (χ1n) is 6.71. The number of Topliss-reactive ketones (excluding diaryl/α,β-unsaturated/α-hetero) is 1. The quantitative estimate of drug-likeness (QED) is 0.779. The van der Waals surface area contributed by atoms with Crippen molar-refractivity contribution in [2.45, 2.75) is 65.2 Å². The van der Waals surface area contributed by atoms with Gasteiger partial charge in [0.2, 0.25) is 0 Å². The summed E-state index contributed by atoms with van der Waals surface area (Å²) in [7, 11) is 0.